The summed E-state index contributed by atoms with van der Waals surface area (Å²) in [6.07, 6.45) is 20.8. The van der Waals surface area contributed by atoms with Crippen molar-refractivity contribution in [2.45, 2.75) is 142 Å². The topological polar surface area (TPSA) is 32.5 Å². The first-order chi connectivity index (χ1) is 14.5. The van der Waals surface area contributed by atoms with E-state index in [1.54, 1.807) is 0 Å². The second kappa shape index (κ2) is 14.1. The first kappa shape index (κ1) is 26.1. The molecule has 0 aromatic carbocycles. The molecule has 2 heterocycles. The fourth-order valence-electron chi connectivity index (χ4n) is 5.86. The van der Waals surface area contributed by atoms with E-state index in [1.807, 2.05) is 0 Å². The molecule has 0 aromatic rings. The van der Waals surface area contributed by atoms with Crippen LogP contribution in [0, 0.1) is 5.41 Å². The minimum atomic E-state index is 0.338. The Balaban J connectivity index is 1.88. The Morgan fingerprint density at radius 1 is 0.800 bits per heavy atom. The van der Waals surface area contributed by atoms with Crippen LogP contribution in [-0.4, -0.2) is 54.1 Å². The van der Waals surface area contributed by atoms with Crippen molar-refractivity contribution < 1.29 is 0 Å². The fraction of sp³-hybridized carbons (Fsp3) is 1.00. The third kappa shape index (κ3) is 9.17. The molecular weight excluding hydrogens is 366 g/mol. The molecule has 0 aliphatic carbocycles. The molecule has 3 heteroatoms. The molecule has 2 saturated heterocycles. The molecule has 2 fully saturated rings. The number of hydrogen-bond donors (Lipinski definition) is 1. The molecule has 30 heavy (non-hydrogen) atoms. The maximum Gasteiger partial charge on any atom is 0.0375 e. The molecule has 0 bridgehead atoms. The van der Waals surface area contributed by atoms with Gasteiger partial charge in [0.25, 0.3) is 0 Å². The summed E-state index contributed by atoms with van der Waals surface area (Å²) in [4.78, 5) is 5.60. The van der Waals surface area contributed by atoms with Crippen LogP contribution in [0.5, 0.6) is 0 Å². The van der Waals surface area contributed by atoms with Gasteiger partial charge in [0.15, 0.2) is 0 Å². The molecule has 2 rings (SSSR count). The van der Waals surface area contributed by atoms with Crippen LogP contribution in [0.1, 0.15) is 124 Å². The van der Waals surface area contributed by atoms with Crippen LogP contribution in [0.15, 0.2) is 0 Å². The summed E-state index contributed by atoms with van der Waals surface area (Å²) >= 11 is 0. The second-order valence-electron chi connectivity index (χ2n) is 11.3. The summed E-state index contributed by atoms with van der Waals surface area (Å²) < 4.78 is 0. The van der Waals surface area contributed by atoms with Gasteiger partial charge >= 0.3 is 0 Å². The minimum absolute atomic E-state index is 0.338. The minimum Gasteiger partial charge on any atom is -0.326 e. The van der Waals surface area contributed by atoms with E-state index in [4.69, 9.17) is 5.73 Å². The van der Waals surface area contributed by atoms with Gasteiger partial charge in [0.1, 0.15) is 0 Å². The summed E-state index contributed by atoms with van der Waals surface area (Å²) in [6, 6.07) is 1.71. The van der Waals surface area contributed by atoms with Crippen molar-refractivity contribution in [2.24, 2.45) is 11.1 Å². The average molecular weight is 422 g/mol. The summed E-state index contributed by atoms with van der Waals surface area (Å²) in [5.74, 6) is 0. The summed E-state index contributed by atoms with van der Waals surface area (Å²) in [5, 5.41) is 0. The Labute approximate surface area is 189 Å². The molecule has 0 saturated carbocycles. The molecule has 2 aliphatic rings. The first-order valence-electron chi connectivity index (χ1n) is 13.7. The van der Waals surface area contributed by atoms with E-state index >= 15 is 0 Å². The van der Waals surface area contributed by atoms with Crippen molar-refractivity contribution >= 4 is 0 Å². The van der Waals surface area contributed by atoms with Gasteiger partial charge in [0.05, 0.1) is 0 Å². The Bertz CT molecular complexity index is 436. The third-order valence-corrected chi connectivity index (χ3v) is 7.97. The van der Waals surface area contributed by atoms with Crippen LogP contribution in [0.25, 0.3) is 0 Å². The van der Waals surface area contributed by atoms with E-state index in [0.29, 0.717) is 17.5 Å². The van der Waals surface area contributed by atoms with Crippen molar-refractivity contribution in [1.29, 1.82) is 0 Å². The molecule has 0 amide bonds. The number of piperazine rings is 1. The van der Waals surface area contributed by atoms with Crippen molar-refractivity contribution in [3.63, 3.8) is 0 Å². The van der Waals surface area contributed by atoms with Crippen molar-refractivity contribution in [3.05, 3.63) is 0 Å². The molecular formula is C27H55N3. The van der Waals surface area contributed by atoms with Gasteiger partial charge in [-0.25, -0.2) is 0 Å². The highest BCUT2D eigenvalue weighted by atomic mass is 15.3. The predicted octanol–water partition coefficient (Wildman–Crippen LogP) is 6.60. The average Bonchev–Trinajstić information content (AvgIpc) is 2.83. The molecule has 0 radical (unpaired) electrons. The lowest BCUT2D eigenvalue weighted by atomic mass is 9.82. The van der Waals surface area contributed by atoms with Gasteiger partial charge < -0.3 is 5.73 Å². The number of fused-ring (bicyclic) bond motifs is 1. The highest BCUT2D eigenvalue weighted by molar-refractivity contribution is 4.96. The van der Waals surface area contributed by atoms with E-state index in [9.17, 15) is 0 Å². The molecule has 2 N–H and O–H groups in total. The van der Waals surface area contributed by atoms with Gasteiger partial charge in [-0.15, -0.1) is 0 Å². The highest BCUT2D eigenvalue weighted by Gasteiger charge is 2.39. The molecule has 3 unspecified atom stereocenters. The van der Waals surface area contributed by atoms with Gasteiger partial charge in [-0.1, -0.05) is 98.3 Å². The van der Waals surface area contributed by atoms with E-state index in [0.717, 1.165) is 6.04 Å². The molecule has 3 atom stereocenters. The monoisotopic (exact) mass is 421 g/mol. The fourth-order valence-corrected chi connectivity index (χ4v) is 5.86. The van der Waals surface area contributed by atoms with Gasteiger partial charge in [-0.05, 0) is 37.6 Å². The quantitative estimate of drug-likeness (QED) is 0.321. The Morgan fingerprint density at radius 2 is 1.37 bits per heavy atom. The van der Waals surface area contributed by atoms with Gasteiger partial charge in [-0.2, -0.15) is 0 Å². The van der Waals surface area contributed by atoms with Crippen LogP contribution < -0.4 is 5.73 Å². The summed E-state index contributed by atoms with van der Waals surface area (Å²) in [6.45, 7) is 14.4. The Morgan fingerprint density at radius 3 is 1.97 bits per heavy atom. The molecule has 0 spiro atoms. The molecule has 0 aromatic heterocycles. The van der Waals surface area contributed by atoms with Crippen LogP contribution in [0.4, 0.5) is 0 Å². The van der Waals surface area contributed by atoms with Crippen LogP contribution in [0.2, 0.25) is 0 Å². The van der Waals surface area contributed by atoms with Crippen LogP contribution >= 0.6 is 0 Å². The van der Waals surface area contributed by atoms with Crippen molar-refractivity contribution in [2.75, 3.05) is 26.2 Å². The lowest BCUT2D eigenvalue weighted by molar-refractivity contribution is 0.0355. The zero-order valence-corrected chi connectivity index (χ0v) is 21.1. The van der Waals surface area contributed by atoms with Gasteiger partial charge in [-0.3, -0.25) is 9.80 Å². The maximum absolute atomic E-state index is 6.78. The van der Waals surface area contributed by atoms with Crippen molar-refractivity contribution in [1.82, 2.24) is 9.80 Å². The van der Waals surface area contributed by atoms with Gasteiger partial charge in [0, 0.05) is 37.8 Å². The predicted molar refractivity (Wildman–Crippen MR) is 133 cm³/mol. The Kier molecular flexibility index (Phi) is 12.3. The first-order valence-corrected chi connectivity index (χ1v) is 13.7. The number of nitrogens with zero attached hydrogens (tertiary/aromatic N) is 2. The number of nitrogens with two attached hydrogens (primary N) is 1. The zero-order valence-electron chi connectivity index (χ0n) is 21.1. The van der Waals surface area contributed by atoms with E-state index in [-0.39, 0.29) is 0 Å². The van der Waals surface area contributed by atoms with E-state index in [2.05, 4.69) is 37.5 Å². The molecule has 178 valence electrons. The maximum atomic E-state index is 6.78. The standard InChI is InChI=1S/C27H55N3/c1-5-7-9-11-13-15-17-24(16-14-12-10-8-6-2)30-21-20-29-19-18-27(3,4)22-25(28)26(29)23-30/h24-26H,5-23,28H2,1-4H3. The highest BCUT2D eigenvalue weighted by Crippen LogP contribution is 2.34. The molecule has 3 nitrogen and oxygen atoms in total. The Hall–Kier alpha value is -0.120. The number of hydrogen-bond acceptors (Lipinski definition) is 3. The number of unbranched alkanes of at least 4 members (excludes halogenated alkanes) is 9. The summed E-state index contributed by atoms with van der Waals surface area (Å²) in [5.41, 5.74) is 7.18. The molecule has 2 aliphatic heterocycles. The van der Waals surface area contributed by atoms with Crippen LogP contribution in [-0.2, 0) is 0 Å². The summed E-state index contributed by atoms with van der Waals surface area (Å²) in [7, 11) is 0. The normalized spacial score (nSPS) is 26.3. The zero-order chi connectivity index (χ0) is 21.8. The van der Waals surface area contributed by atoms with Crippen LogP contribution in [0.3, 0.4) is 0 Å². The van der Waals surface area contributed by atoms with Crippen molar-refractivity contribution in [3.8, 4) is 0 Å². The van der Waals surface area contributed by atoms with E-state index < -0.39 is 0 Å². The third-order valence-electron chi connectivity index (χ3n) is 7.97. The lowest BCUT2D eigenvalue weighted by Gasteiger charge is -2.46. The number of rotatable bonds is 14. The van der Waals surface area contributed by atoms with Gasteiger partial charge in [0.2, 0.25) is 0 Å². The SMILES string of the molecule is CCCCCCCCC(CCCCCCC)N1CCN2CCC(C)(C)CC(N)C2C1. The van der Waals surface area contributed by atoms with E-state index in [1.165, 1.54) is 122 Å². The second-order valence-corrected chi connectivity index (χ2v) is 11.3. The lowest BCUT2D eigenvalue weighted by Crippen LogP contribution is -2.60. The smallest absolute Gasteiger partial charge is 0.0375 e. The largest absolute Gasteiger partial charge is 0.326 e.